The molecule has 2 aliphatic heterocycles. The Kier molecular flexibility index (Phi) is 22.9. The van der Waals surface area contributed by atoms with E-state index in [-0.39, 0.29) is 18.1 Å². The molecule has 2 saturated heterocycles. The fraction of sp³-hybridized carbons (Fsp3) is 0.913. The van der Waals surface area contributed by atoms with Gasteiger partial charge >= 0.3 is 76.8 Å². The maximum absolute atomic E-state index is 14.6. The van der Waals surface area contributed by atoms with Crippen LogP contribution in [-0.4, -0.2) is 116 Å². The summed E-state index contributed by atoms with van der Waals surface area (Å²) in [6.45, 7) is 15.7. The van der Waals surface area contributed by atoms with E-state index in [9.17, 15) is 31.3 Å². The van der Waals surface area contributed by atoms with Crippen LogP contribution in [0.1, 0.15) is 55.4 Å². The Morgan fingerprint density at radius 2 is 1.67 bits per heavy atom. The summed E-state index contributed by atoms with van der Waals surface area (Å²) >= 11 is 7.39. The zero-order valence-electron chi connectivity index (χ0n) is 25.3. The topological polar surface area (TPSA) is 182 Å². The van der Waals surface area contributed by atoms with Crippen LogP contribution in [0.15, 0.2) is 0 Å². The number of halogens is 5. The molecule has 0 aromatic heterocycles. The number of aliphatic hydroxyl groups excluding tert-OH is 2. The Labute approximate surface area is 290 Å². The number of nitrogens with one attached hydrogen (secondary N) is 1. The molecular formula is C23H43F2I3NO12SV. The van der Waals surface area contributed by atoms with E-state index >= 15 is 0 Å². The second-order valence-corrected chi connectivity index (χ2v) is 46.1. The summed E-state index contributed by atoms with van der Waals surface area (Å²) in [6.07, 6.45) is -5.97. The number of hydrogen-bond acceptors (Lipinski definition) is 12. The molecular weight excluding hydrogens is 984 g/mol. The minimum atomic E-state index is -5.26. The number of aliphatic hydroxyl groups is 2. The molecule has 0 unspecified atom stereocenters. The first-order valence-electron chi connectivity index (χ1n) is 13.1. The first-order valence-corrected chi connectivity index (χ1v) is 27.9. The number of rotatable bonds is 10. The van der Waals surface area contributed by atoms with Gasteiger partial charge in [0.2, 0.25) is 21.7 Å². The van der Waals surface area contributed by atoms with Crippen LogP contribution >= 0.6 is 59.9 Å². The van der Waals surface area contributed by atoms with Gasteiger partial charge in [-0.1, -0.05) is 0 Å². The monoisotopic (exact) mass is 1030 g/mol. The first kappa shape index (κ1) is 46.4. The average molecular weight is 1030 g/mol. The number of quaternary nitrogens is 1. The summed E-state index contributed by atoms with van der Waals surface area (Å²) in [4.78, 5) is 23.6. The summed E-state index contributed by atoms with van der Waals surface area (Å²) in [7, 11) is -5.26. The summed E-state index contributed by atoms with van der Waals surface area (Å²) in [5.41, 5.74) is -5.28. The van der Waals surface area contributed by atoms with Crippen LogP contribution in [0.2, 0.25) is 0 Å². The van der Waals surface area contributed by atoms with E-state index in [4.69, 9.17) is 19.7 Å². The van der Waals surface area contributed by atoms with E-state index in [1.165, 1.54) is 40.4 Å². The minimum absolute atomic E-state index is 0.122. The van der Waals surface area contributed by atoms with Crippen molar-refractivity contribution < 1.29 is 74.5 Å². The van der Waals surface area contributed by atoms with Crippen LogP contribution in [0, 0.1) is 0 Å². The molecule has 0 aliphatic carbocycles. The molecule has 3 N–H and O–H groups in total. The molecule has 0 amide bonds. The number of ether oxygens (including phenoxy) is 4. The number of cyclic esters (lactones) is 1. The summed E-state index contributed by atoms with van der Waals surface area (Å²) < 4.78 is 83.5. The van der Waals surface area contributed by atoms with Crippen molar-refractivity contribution in [3.8, 4) is 0 Å². The van der Waals surface area contributed by atoms with Crippen molar-refractivity contribution >= 4 is 82.3 Å². The standard InChI is InChI=1S/C11H19FO8S.C6H9FO4.C6H15N.3HI.V/c1-5-17-9(13)11(4,12)8(20-21(14,15)16)7-6-18-10(2,3)19-7;1-6(7)4(9)3(2-8)11-5(6)10;1-4-7(5-2)6-3;;;;/h7-8H,5-6H2,1-4H3,(H,14,15,16);3-4,8-9H,2H2,1H3;4-6H2,1-3H3;3*1H;/q;;;;;;+3/p-3/t7-,8-,11-;3-,4-,6-;;;;;/m11...../s1. The third-order valence-corrected chi connectivity index (χ3v) is 6.49. The number of alkyl halides is 2. The van der Waals surface area contributed by atoms with Crippen LogP contribution in [0.3, 0.4) is 0 Å². The number of carbonyl (C=O) groups excluding carboxylic acids is 2. The molecule has 0 aromatic carbocycles. The normalized spacial score (nSPS) is 26.6. The van der Waals surface area contributed by atoms with Gasteiger partial charge in [-0.3, -0.25) is 4.18 Å². The van der Waals surface area contributed by atoms with Crippen molar-refractivity contribution in [1.29, 1.82) is 0 Å². The Bertz CT molecular complexity index is 938. The molecule has 20 heteroatoms. The van der Waals surface area contributed by atoms with Crippen molar-refractivity contribution in [2.75, 3.05) is 39.5 Å². The molecule has 43 heavy (non-hydrogen) atoms. The van der Waals surface area contributed by atoms with E-state index in [1.54, 1.807) is 4.90 Å². The molecule has 2 fully saturated rings. The second-order valence-electron chi connectivity index (χ2n) is 9.74. The molecule has 0 saturated carbocycles. The van der Waals surface area contributed by atoms with Crippen molar-refractivity contribution in [3.05, 3.63) is 0 Å². The summed E-state index contributed by atoms with van der Waals surface area (Å²) in [5, 5.41) is 17.5. The van der Waals surface area contributed by atoms with Gasteiger partial charge in [-0.05, 0) is 55.4 Å². The van der Waals surface area contributed by atoms with Crippen molar-refractivity contribution in [2.24, 2.45) is 0 Å². The summed E-state index contributed by atoms with van der Waals surface area (Å²) in [6, 6.07) is 0. The molecule has 0 spiro atoms. The average Bonchev–Trinajstić information content (AvgIpc) is 3.34. The third kappa shape index (κ3) is 17.8. The second kappa shape index (κ2) is 21.3. The van der Waals surface area contributed by atoms with Crippen LogP contribution in [-0.2, 0) is 48.0 Å². The zero-order chi connectivity index (χ0) is 34.4. The number of esters is 2. The fourth-order valence-electron chi connectivity index (χ4n) is 3.56. The van der Waals surface area contributed by atoms with Gasteiger partial charge in [-0.2, -0.15) is 0 Å². The molecule has 2 aliphatic rings. The fourth-order valence-corrected chi connectivity index (χ4v) is 4.11. The van der Waals surface area contributed by atoms with Crippen LogP contribution in [0.4, 0.5) is 8.78 Å². The van der Waals surface area contributed by atoms with Crippen LogP contribution in [0.5, 0.6) is 0 Å². The predicted octanol–water partition coefficient (Wildman–Crippen LogP) is 1.85. The first-order chi connectivity index (χ1) is 19.5. The van der Waals surface area contributed by atoms with E-state index < -0.39 is 70.5 Å². The van der Waals surface area contributed by atoms with Crippen LogP contribution in [0.25, 0.3) is 0 Å². The third-order valence-electron chi connectivity index (χ3n) is 6.04. The van der Waals surface area contributed by atoms with E-state index in [0.29, 0.717) is 0 Å². The molecule has 0 bridgehead atoms. The molecule has 2 rings (SSSR count). The maximum atomic E-state index is 14.6. The van der Waals surface area contributed by atoms with Crippen molar-refractivity contribution in [3.63, 3.8) is 0 Å². The Balaban J connectivity index is 0. The Hall–Kier alpha value is 1.24. The van der Waals surface area contributed by atoms with Gasteiger partial charge in [0.1, 0.15) is 18.3 Å². The molecule has 0 radical (unpaired) electrons. The van der Waals surface area contributed by atoms with Gasteiger partial charge in [-0.25, -0.2) is 26.8 Å². The molecule has 258 valence electrons. The quantitative estimate of drug-likeness (QED) is 0.125. The van der Waals surface area contributed by atoms with Gasteiger partial charge in [0.15, 0.2) is 11.9 Å². The zero-order valence-corrected chi connectivity index (χ0v) is 34.0. The van der Waals surface area contributed by atoms with Crippen LogP contribution < -0.4 is 4.90 Å². The number of hydrogen-bond donors (Lipinski definition) is 3. The van der Waals surface area contributed by atoms with E-state index in [0.717, 1.165) is 13.8 Å². The van der Waals surface area contributed by atoms with Crippen molar-refractivity contribution in [2.45, 2.75) is 96.9 Å². The predicted molar refractivity (Wildman–Crippen MR) is 173 cm³/mol. The van der Waals surface area contributed by atoms with Gasteiger partial charge in [-0.15, -0.1) is 0 Å². The molecule has 6 atom stereocenters. The Morgan fingerprint density at radius 3 is 1.91 bits per heavy atom. The number of carbonyl (C=O) groups is 2. The Morgan fingerprint density at radius 1 is 1.21 bits per heavy atom. The van der Waals surface area contributed by atoms with Gasteiger partial charge < -0.3 is 38.6 Å². The van der Waals surface area contributed by atoms with Gasteiger partial charge in [0.05, 0.1) is 39.5 Å². The molecule has 0 aromatic rings. The molecule has 2 heterocycles. The SMILES string of the molecule is CCOC(=O)[C@](C)(F)[C@H](OS(=O)(=O)[O-])[C@H]1COC(C)(C)O1.CC[NH+](CC)CC.C[C@]1(F)C(=O)O[C@H](CO)[C@H]1O.[I][V]([I])[I]. The molecule has 13 nitrogen and oxygen atoms in total. The summed E-state index contributed by atoms with van der Waals surface area (Å²) in [5.74, 6) is -3.60. The van der Waals surface area contributed by atoms with Crippen molar-refractivity contribution in [1.82, 2.24) is 0 Å². The van der Waals surface area contributed by atoms with Gasteiger partial charge in [0, 0.05) is 0 Å². The van der Waals surface area contributed by atoms with Gasteiger partial charge in [0.25, 0.3) is 0 Å². The van der Waals surface area contributed by atoms with E-state index in [1.807, 2.05) is 0 Å². The van der Waals surface area contributed by atoms with E-state index in [2.05, 4.69) is 94.4 Å².